The molecule has 0 radical (unpaired) electrons. The van der Waals surface area contributed by atoms with Gasteiger partial charge in [-0.2, -0.15) is 0 Å². The van der Waals surface area contributed by atoms with Gasteiger partial charge in [-0.05, 0) is 25.5 Å². The van der Waals surface area contributed by atoms with E-state index in [1.807, 2.05) is 0 Å². The van der Waals surface area contributed by atoms with Crippen LogP contribution in [0, 0.1) is 10.1 Å². The van der Waals surface area contributed by atoms with E-state index < -0.39 is 4.92 Å². The van der Waals surface area contributed by atoms with Crippen LogP contribution in [0.25, 0.3) is 0 Å². The molecular weight excluding hydrogens is 238 g/mol. The Kier molecular flexibility index (Phi) is 5.06. The van der Waals surface area contributed by atoms with Crippen LogP contribution in [-0.4, -0.2) is 22.5 Å². The third-order valence-electron chi connectivity index (χ3n) is 2.32. The SMILES string of the molecule is NCCCCC(=O)Nc1ccc([N+](=O)[O-])cc1O. The van der Waals surface area contributed by atoms with E-state index in [0.717, 1.165) is 12.5 Å². The van der Waals surface area contributed by atoms with Gasteiger partial charge < -0.3 is 16.2 Å². The second-order valence-electron chi connectivity index (χ2n) is 3.75. The van der Waals surface area contributed by atoms with Gasteiger partial charge in [-0.1, -0.05) is 0 Å². The fourth-order valence-electron chi connectivity index (χ4n) is 1.38. The number of nitrogens with zero attached hydrogens (tertiary/aromatic N) is 1. The highest BCUT2D eigenvalue weighted by Crippen LogP contribution is 2.27. The molecule has 0 aliphatic carbocycles. The van der Waals surface area contributed by atoms with Crippen molar-refractivity contribution in [2.24, 2.45) is 5.73 Å². The summed E-state index contributed by atoms with van der Waals surface area (Å²) in [5.41, 5.74) is 5.24. The largest absolute Gasteiger partial charge is 0.506 e. The number of carbonyl (C=O) groups is 1. The van der Waals surface area contributed by atoms with Crippen LogP contribution in [0.2, 0.25) is 0 Å². The molecule has 0 aromatic heterocycles. The number of non-ortho nitro benzene ring substituents is 1. The van der Waals surface area contributed by atoms with Gasteiger partial charge in [0.25, 0.3) is 5.69 Å². The number of nitrogens with two attached hydrogens (primary N) is 1. The lowest BCUT2D eigenvalue weighted by Gasteiger charge is -2.06. The van der Waals surface area contributed by atoms with Crippen LogP contribution in [0.1, 0.15) is 19.3 Å². The summed E-state index contributed by atoms with van der Waals surface area (Å²) < 4.78 is 0. The Balaban J connectivity index is 2.62. The molecule has 1 rings (SSSR count). The molecule has 0 aliphatic heterocycles. The highest BCUT2D eigenvalue weighted by molar-refractivity contribution is 5.92. The Bertz CT molecular complexity index is 448. The molecule has 7 heteroatoms. The van der Waals surface area contributed by atoms with Crippen LogP contribution in [-0.2, 0) is 4.79 Å². The first-order chi connectivity index (χ1) is 8.54. The predicted octanol–water partition coefficient (Wildman–Crippen LogP) is 1.37. The van der Waals surface area contributed by atoms with Gasteiger partial charge in [0.05, 0.1) is 16.7 Å². The van der Waals surface area contributed by atoms with E-state index in [2.05, 4.69) is 5.32 Å². The number of nitro benzene ring substituents is 1. The maximum atomic E-state index is 11.5. The number of hydrogen-bond acceptors (Lipinski definition) is 5. The molecule has 0 saturated heterocycles. The zero-order valence-electron chi connectivity index (χ0n) is 9.76. The van der Waals surface area contributed by atoms with Gasteiger partial charge in [0.2, 0.25) is 5.91 Å². The molecule has 0 fully saturated rings. The van der Waals surface area contributed by atoms with E-state index in [-0.39, 0.29) is 23.0 Å². The second kappa shape index (κ2) is 6.55. The Morgan fingerprint density at radius 3 is 2.72 bits per heavy atom. The van der Waals surface area contributed by atoms with Gasteiger partial charge in [-0.25, -0.2) is 0 Å². The Hall–Kier alpha value is -2.15. The molecule has 0 bridgehead atoms. The molecule has 4 N–H and O–H groups in total. The minimum Gasteiger partial charge on any atom is -0.506 e. The normalized spacial score (nSPS) is 10.1. The Morgan fingerprint density at radius 1 is 1.44 bits per heavy atom. The number of benzene rings is 1. The molecule has 0 atom stereocenters. The number of amides is 1. The lowest BCUT2D eigenvalue weighted by molar-refractivity contribution is -0.384. The van der Waals surface area contributed by atoms with E-state index in [4.69, 9.17) is 5.73 Å². The fourth-order valence-corrected chi connectivity index (χ4v) is 1.38. The number of phenols is 1. The third-order valence-corrected chi connectivity index (χ3v) is 2.32. The summed E-state index contributed by atoms with van der Waals surface area (Å²) >= 11 is 0. The van der Waals surface area contributed by atoms with Gasteiger partial charge in [0.15, 0.2) is 0 Å². The molecule has 1 amide bonds. The number of phenolic OH excluding ortho intramolecular Hbond substituents is 1. The van der Waals surface area contributed by atoms with Gasteiger partial charge in [0, 0.05) is 12.5 Å². The first-order valence-electron chi connectivity index (χ1n) is 5.52. The van der Waals surface area contributed by atoms with E-state index in [1.165, 1.54) is 12.1 Å². The van der Waals surface area contributed by atoms with Crippen molar-refractivity contribution in [1.29, 1.82) is 0 Å². The van der Waals surface area contributed by atoms with Crippen molar-refractivity contribution < 1.29 is 14.8 Å². The number of rotatable bonds is 6. The van der Waals surface area contributed by atoms with Crippen molar-refractivity contribution in [3.63, 3.8) is 0 Å². The molecular formula is C11H15N3O4. The Morgan fingerprint density at radius 2 is 2.17 bits per heavy atom. The predicted molar refractivity (Wildman–Crippen MR) is 66.3 cm³/mol. The smallest absolute Gasteiger partial charge is 0.273 e. The van der Waals surface area contributed by atoms with Crippen LogP contribution in [0.5, 0.6) is 5.75 Å². The van der Waals surface area contributed by atoms with Gasteiger partial charge >= 0.3 is 0 Å². The maximum Gasteiger partial charge on any atom is 0.273 e. The van der Waals surface area contributed by atoms with Crippen LogP contribution < -0.4 is 11.1 Å². The Labute approximate surface area is 104 Å². The van der Waals surface area contributed by atoms with Crippen molar-refractivity contribution in [3.8, 4) is 5.75 Å². The monoisotopic (exact) mass is 253 g/mol. The number of aromatic hydroxyl groups is 1. The highest BCUT2D eigenvalue weighted by atomic mass is 16.6. The van der Waals surface area contributed by atoms with Crippen LogP contribution in [0.4, 0.5) is 11.4 Å². The van der Waals surface area contributed by atoms with Crippen molar-refractivity contribution in [2.45, 2.75) is 19.3 Å². The van der Waals surface area contributed by atoms with E-state index >= 15 is 0 Å². The summed E-state index contributed by atoms with van der Waals surface area (Å²) in [5, 5.41) is 22.5. The summed E-state index contributed by atoms with van der Waals surface area (Å²) in [6.45, 7) is 0.524. The molecule has 7 nitrogen and oxygen atoms in total. The van der Waals surface area contributed by atoms with Crippen molar-refractivity contribution >= 4 is 17.3 Å². The van der Waals surface area contributed by atoms with Crippen LogP contribution in [0.3, 0.4) is 0 Å². The topological polar surface area (TPSA) is 118 Å². The number of nitro groups is 1. The molecule has 0 heterocycles. The van der Waals surface area contributed by atoms with Crippen molar-refractivity contribution in [2.75, 3.05) is 11.9 Å². The lowest BCUT2D eigenvalue weighted by Crippen LogP contribution is -2.12. The quantitative estimate of drug-likeness (QED) is 0.306. The number of hydrogen-bond donors (Lipinski definition) is 3. The maximum absolute atomic E-state index is 11.5. The third kappa shape index (κ3) is 4.02. The molecule has 0 aliphatic rings. The molecule has 0 spiro atoms. The number of anilines is 1. The van der Waals surface area contributed by atoms with Crippen molar-refractivity contribution in [3.05, 3.63) is 28.3 Å². The zero-order valence-corrected chi connectivity index (χ0v) is 9.76. The molecule has 98 valence electrons. The van der Waals surface area contributed by atoms with Crippen LogP contribution >= 0.6 is 0 Å². The van der Waals surface area contributed by atoms with Crippen molar-refractivity contribution in [1.82, 2.24) is 0 Å². The summed E-state index contributed by atoms with van der Waals surface area (Å²) in [5.74, 6) is -0.580. The zero-order chi connectivity index (χ0) is 13.5. The average molecular weight is 253 g/mol. The van der Waals surface area contributed by atoms with E-state index in [9.17, 15) is 20.0 Å². The lowest BCUT2D eigenvalue weighted by atomic mass is 10.2. The molecule has 1 aromatic carbocycles. The standard InChI is InChI=1S/C11H15N3O4/c12-6-2-1-3-11(16)13-9-5-4-8(14(17)18)7-10(9)15/h4-5,7,15H,1-3,6,12H2,(H,13,16). The highest BCUT2D eigenvalue weighted by Gasteiger charge is 2.11. The molecule has 0 unspecified atom stereocenters. The first-order valence-corrected chi connectivity index (χ1v) is 5.52. The molecule has 1 aromatic rings. The van der Waals surface area contributed by atoms with Gasteiger partial charge in [-0.3, -0.25) is 14.9 Å². The average Bonchev–Trinajstić information content (AvgIpc) is 2.32. The number of carbonyl (C=O) groups excluding carboxylic acids is 1. The second-order valence-corrected chi connectivity index (χ2v) is 3.75. The summed E-state index contributed by atoms with van der Waals surface area (Å²) in [4.78, 5) is 21.3. The first kappa shape index (κ1) is 13.9. The fraction of sp³-hybridized carbons (Fsp3) is 0.364. The van der Waals surface area contributed by atoms with E-state index in [1.54, 1.807) is 0 Å². The molecule has 18 heavy (non-hydrogen) atoms. The van der Waals surface area contributed by atoms with E-state index in [0.29, 0.717) is 19.4 Å². The number of unbranched alkanes of at least 4 members (excludes halogenated alkanes) is 1. The minimum atomic E-state index is -0.618. The summed E-state index contributed by atoms with van der Waals surface area (Å²) in [7, 11) is 0. The van der Waals surface area contributed by atoms with Gasteiger partial charge in [0.1, 0.15) is 5.75 Å². The number of nitrogens with one attached hydrogen (secondary N) is 1. The minimum absolute atomic E-state index is 0.165. The molecule has 0 saturated carbocycles. The van der Waals surface area contributed by atoms with Crippen LogP contribution in [0.15, 0.2) is 18.2 Å². The summed E-state index contributed by atoms with van der Waals surface area (Å²) in [6.07, 6.45) is 1.71. The van der Waals surface area contributed by atoms with Gasteiger partial charge in [-0.15, -0.1) is 0 Å². The summed E-state index contributed by atoms with van der Waals surface area (Å²) in [6, 6.07) is 3.51.